The van der Waals surface area contributed by atoms with Crippen LogP contribution in [0.4, 0.5) is 0 Å². The molecule has 0 aliphatic rings. The van der Waals surface area contributed by atoms with Crippen LogP contribution < -0.4 is 16.4 Å². The Balaban J connectivity index is 1.75. The average Bonchev–Trinajstić information content (AvgIpc) is 2.61. The summed E-state index contributed by atoms with van der Waals surface area (Å²) in [6.45, 7) is 4.07. The maximum Gasteiger partial charge on any atom is 0.349 e. The van der Waals surface area contributed by atoms with Crippen molar-refractivity contribution < 1.29 is 14.3 Å². The quantitative estimate of drug-likeness (QED) is 0.695. The van der Waals surface area contributed by atoms with Gasteiger partial charge in [-0.1, -0.05) is 11.6 Å². The molecule has 0 fully saturated rings. The fraction of sp³-hybridized carbons (Fsp3) is 0.211. The van der Waals surface area contributed by atoms with Gasteiger partial charge in [0.1, 0.15) is 11.1 Å². The van der Waals surface area contributed by atoms with Gasteiger partial charge in [-0.15, -0.1) is 0 Å². The van der Waals surface area contributed by atoms with Crippen molar-refractivity contribution in [3.63, 3.8) is 0 Å². The number of hydrogen-bond donors (Lipinski definition) is 2. The minimum atomic E-state index is -0.698. The molecule has 0 aliphatic heterocycles. The second-order valence-electron chi connectivity index (χ2n) is 6.05. The minimum Gasteiger partial charge on any atom is -0.503 e. The van der Waals surface area contributed by atoms with Gasteiger partial charge in [-0.3, -0.25) is 9.59 Å². The predicted molar refractivity (Wildman–Crippen MR) is 96.7 cm³/mol. The standard InChI is InChI=1S/C19H18N2O5/c1-11-3-4-16-13(9-11)10-14(19(25)26-16)18(24)20-6-8-21-7-5-15(22)17(23)12(21)2/h3-5,7,9-10,23H,6,8H2,1-2H3,(H,20,24). The van der Waals surface area contributed by atoms with Crippen LogP contribution in [0.5, 0.6) is 5.75 Å². The Hall–Kier alpha value is -3.35. The number of rotatable bonds is 4. The maximum atomic E-state index is 12.3. The second kappa shape index (κ2) is 6.87. The summed E-state index contributed by atoms with van der Waals surface area (Å²) in [5.74, 6) is -0.852. The lowest BCUT2D eigenvalue weighted by Gasteiger charge is -2.12. The summed E-state index contributed by atoms with van der Waals surface area (Å²) < 4.78 is 6.83. The Morgan fingerprint density at radius 3 is 2.73 bits per heavy atom. The molecule has 7 heteroatoms. The summed E-state index contributed by atoms with van der Waals surface area (Å²) in [4.78, 5) is 35.7. The molecule has 0 bridgehead atoms. The predicted octanol–water partition coefficient (Wildman–Crippen LogP) is 1.71. The lowest BCUT2D eigenvalue weighted by molar-refractivity contribution is 0.0948. The fourth-order valence-electron chi connectivity index (χ4n) is 2.69. The molecule has 134 valence electrons. The zero-order chi connectivity index (χ0) is 18.8. The molecule has 0 saturated heterocycles. The van der Waals surface area contributed by atoms with E-state index >= 15 is 0 Å². The van der Waals surface area contributed by atoms with Crippen molar-refractivity contribution in [3.8, 4) is 5.75 Å². The molecule has 0 spiro atoms. The van der Waals surface area contributed by atoms with Crippen LogP contribution in [0.3, 0.4) is 0 Å². The van der Waals surface area contributed by atoms with Crippen LogP contribution in [0.15, 0.2) is 50.5 Å². The number of carbonyl (C=O) groups is 1. The first-order valence-electron chi connectivity index (χ1n) is 8.08. The number of aryl methyl sites for hydroxylation is 1. The van der Waals surface area contributed by atoms with E-state index in [2.05, 4.69) is 5.32 Å². The molecule has 0 unspecified atom stereocenters. The smallest absolute Gasteiger partial charge is 0.349 e. The molecule has 0 saturated carbocycles. The zero-order valence-electron chi connectivity index (χ0n) is 14.4. The van der Waals surface area contributed by atoms with E-state index in [1.54, 1.807) is 17.6 Å². The molecule has 2 N–H and O–H groups in total. The van der Waals surface area contributed by atoms with E-state index in [-0.39, 0.29) is 17.9 Å². The van der Waals surface area contributed by atoms with Gasteiger partial charge >= 0.3 is 5.63 Å². The van der Waals surface area contributed by atoms with Crippen LogP contribution in [0.2, 0.25) is 0 Å². The molecule has 0 aliphatic carbocycles. The third kappa shape index (κ3) is 3.37. The largest absolute Gasteiger partial charge is 0.503 e. The van der Waals surface area contributed by atoms with Gasteiger partial charge in [0.05, 0.1) is 5.69 Å². The topological polar surface area (TPSA) is 102 Å². The number of amides is 1. The van der Waals surface area contributed by atoms with Gasteiger partial charge in [-0.25, -0.2) is 4.79 Å². The van der Waals surface area contributed by atoms with Gasteiger partial charge in [-0.05, 0) is 32.0 Å². The van der Waals surface area contributed by atoms with E-state index in [9.17, 15) is 19.5 Å². The van der Waals surface area contributed by atoms with Gasteiger partial charge in [0, 0.05) is 30.7 Å². The van der Waals surface area contributed by atoms with Crippen molar-refractivity contribution in [1.29, 1.82) is 0 Å². The molecule has 1 amide bonds. The van der Waals surface area contributed by atoms with E-state index in [1.165, 1.54) is 18.3 Å². The van der Waals surface area contributed by atoms with Crippen LogP contribution in [0.25, 0.3) is 11.0 Å². The highest BCUT2D eigenvalue weighted by atomic mass is 16.4. The number of nitrogens with one attached hydrogen (secondary N) is 1. The Labute approximate surface area is 148 Å². The van der Waals surface area contributed by atoms with E-state index in [1.807, 2.05) is 19.1 Å². The Kier molecular flexibility index (Phi) is 4.62. The SMILES string of the molecule is Cc1ccc2oc(=O)c(C(=O)NCCn3ccc(=O)c(O)c3C)cc2c1. The van der Waals surface area contributed by atoms with Crippen LogP contribution in [0, 0.1) is 13.8 Å². The van der Waals surface area contributed by atoms with Gasteiger partial charge in [0.25, 0.3) is 5.91 Å². The van der Waals surface area contributed by atoms with Crippen LogP contribution in [-0.2, 0) is 6.54 Å². The number of fused-ring (bicyclic) bond motifs is 1. The molecular formula is C19H18N2O5. The highest BCUT2D eigenvalue weighted by Crippen LogP contribution is 2.15. The van der Waals surface area contributed by atoms with E-state index in [4.69, 9.17) is 4.42 Å². The molecule has 0 radical (unpaired) electrons. The molecule has 1 aromatic carbocycles. The number of aromatic nitrogens is 1. The fourth-order valence-corrected chi connectivity index (χ4v) is 2.69. The molecule has 2 aromatic heterocycles. The Bertz CT molecular complexity index is 1110. The third-order valence-corrected chi connectivity index (χ3v) is 4.18. The van der Waals surface area contributed by atoms with E-state index in [0.717, 1.165) is 5.56 Å². The average molecular weight is 354 g/mol. The summed E-state index contributed by atoms with van der Waals surface area (Å²) in [6, 6.07) is 8.12. The van der Waals surface area contributed by atoms with Gasteiger partial charge in [0.2, 0.25) is 5.43 Å². The molecule has 3 rings (SSSR count). The minimum absolute atomic E-state index is 0.0671. The number of benzene rings is 1. The molecule has 0 atom stereocenters. The summed E-state index contributed by atoms with van der Waals surface area (Å²) in [6.07, 6.45) is 1.54. The van der Waals surface area contributed by atoms with Gasteiger partial charge < -0.3 is 19.4 Å². The van der Waals surface area contributed by atoms with Crippen LogP contribution in [-0.4, -0.2) is 22.1 Å². The van der Waals surface area contributed by atoms with Gasteiger partial charge in [-0.2, -0.15) is 0 Å². The summed E-state index contributed by atoms with van der Waals surface area (Å²) >= 11 is 0. The Morgan fingerprint density at radius 1 is 1.19 bits per heavy atom. The monoisotopic (exact) mass is 354 g/mol. The lowest BCUT2D eigenvalue weighted by atomic mass is 10.1. The lowest BCUT2D eigenvalue weighted by Crippen LogP contribution is -2.31. The molecular weight excluding hydrogens is 336 g/mol. The highest BCUT2D eigenvalue weighted by molar-refractivity contribution is 5.96. The number of nitrogens with zero attached hydrogens (tertiary/aromatic N) is 1. The number of hydrogen-bond acceptors (Lipinski definition) is 5. The third-order valence-electron chi connectivity index (χ3n) is 4.18. The van der Waals surface area contributed by atoms with Crippen molar-refractivity contribution in [2.75, 3.05) is 6.54 Å². The van der Waals surface area contributed by atoms with Crippen molar-refractivity contribution in [3.05, 3.63) is 74.0 Å². The maximum absolute atomic E-state index is 12.3. The molecule has 26 heavy (non-hydrogen) atoms. The first-order chi connectivity index (χ1) is 12.4. The number of carbonyl (C=O) groups excluding carboxylic acids is 1. The van der Waals surface area contributed by atoms with Crippen LogP contribution >= 0.6 is 0 Å². The van der Waals surface area contributed by atoms with Crippen molar-refractivity contribution in [2.24, 2.45) is 0 Å². The summed E-state index contributed by atoms with van der Waals surface area (Å²) in [5.41, 5.74) is 0.612. The number of aromatic hydroxyl groups is 1. The Morgan fingerprint density at radius 2 is 1.96 bits per heavy atom. The zero-order valence-corrected chi connectivity index (χ0v) is 14.4. The van der Waals surface area contributed by atoms with E-state index in [0.29, 0.717) is 23.2 Å². The first kappa shape index (κ1) is 17.5. The summed E-state index contributed by atoms with van der Waals surface area (Å²) in [7, 11) is 0. The van der Waals surface area contributed by atoms with Crippen molar-refractivity contribution in [1.82, 2.24) is 9.88 Å². The first-order valence-corrected chi connectivity index (χ1v) is 8.08. The highest BCUT2D eigenvalue weighted by Gasteiger charge is 2.13. The van der Waals surface area contributed by atoms with E-state index < -0.39 is 17.0 Å². The van der Waals surface area contributed by atoms with Crippen molar-refractivity contribution in [2.45, 2.75) is 20.4 Å². The molecule has 2 heterocycles. The molecule has 7 nitrogen and oxygen atoms in total. The summed E-state index contributed by atoms with van der Waals surface area (Å²) in [5, 5.41) is 13.0. The number of pyridine rings is 1. The second-order valence-corrected chi connectivity index (χ2v) is 6.05. The van der Waals surface area contributed by atoms with Crippen LogP contribution in [0.1, 0.15) is 21.6 Å². The molecule has 3 aromatic rings. The van der Waals surface area contributed by atoms with Gasteiger partial charge in [0.15, 0.2) is 5.75 Å². The van der Waals surface area contributed by atoms with Crippen molar-refractivity contribution >= 4 is 16.9 Å². The normalized spacial score (nSPS) is 10.8.